The Kier molecular flexibility index (Phi) is 7.32. The first-order valence-corrected chi connectivity index (χ1v) is 14.3. The van der Waals surface area contributed by atoms with Crippen LogP contribution < -0.4 is 11.1 Å². The van der Waals surface area contributed by atoms with Crippen LogP contribution in [0.4, 0.5) is 0 Å². The third-order valence-electron chi connectivity index (χ3n) is 6.70. The maximum absolute atomic E-state index is 12.3. The molecule has 0 aliphatic carbocycles. The molecular formula is C25H32N8O2S2. The van der Waals surface area contributed by atoms with E-state index in [-0.39, 0.29) is 12.0 Å². The van der Waals surface area contributed by atoms with Crippen molar-refractivity contribution in [3.05, 3.63) is 50.5 Å². The van der Waals surface area contributed by atoms with Gasteiger partial charge in [0.05, 0.1) is 37.7 Å². The van der Waals surface area contributed by atoms with Crippen LogP contribution in [-0.2, 0) is 4.74 Å². The molecule has 0 radical (unpaired) electrons. The lowest BCUT2D eigenvalue weighted by Gasteiger charge is -2.19. The normalized spacial score (nSPS) is 27.5. The standard InChI is InChI=1S/C25H32N8O2S2/c1-6-15-11-36-25(30-15)17(26)10-27-20-21(32-34)23(35-22(20)12(2)3)24-28-13(4)31-33(24)16-7-8-18-19(9-16)37-14(5)29-18/h7-10,12,15,20-23,30H,6,11,26H2,1-5H3/b25-17-,27-10?. The molecule has 5 atom stereocenters. The Morgan fingerprint density at radius 2 is 2.14 bits per heavy atom. The van der Waals surface area contributed by atoms with Crippen LogP contribution in [0, 0.1) is 24.7 Å². The van der Waals surface area contributed by atoms with Crippen molar-refractivity contribution in [1.82, 2.24) is 25.1 Å². The largest absolute Gasteiger partial charge is 0.395 e. The first kappa shape index (κ1) is 25.8. The van der Waals surface area contributed by atoms with Gasteiger partial charge in [-0.05, 0) is 44.4 Å². The predicted octanol–water partition coefficient (Wildman–Crippen LogP) is 4.41. The van der Waals surface area contributed by atoms with Crippen LogP contribution in [0.15, 0.2) is 39.1 Å². The summed E-state index contributed by atoms with van der Waals surface area (Å²) in [5.41, 5.74) is 8.68. The number of nitrogens with zero attached hydrogens (tertiary/aromatic N) is 6. The molecule has 4 heterocycles. The van der Waals surface area contributed by atoms with E-state index in [4.69, 9.17) is 15.5 Å². The number of aryl methyl sites for hydroxylation is 2. The van der Waals surface area contributed by atoms with Gasteiger partial charge in [-0.15, -0.1) is 23.1 Å². The van der Waals surface area contributed by atoms with E-state index in [1.54, 1.807) is 34.0 Å². The molecule has 3 N–H and O–H groups in total. The number of hydrogen-bond donors (Lipinski definition) is 2. The van der Waals surface area contributed by atoms with Gasteiger partial charge in [-0.25, -0.2) is 14.6 Å². The van der Waals surface area contributed by atoms with E-state index < -0.39 is 18.2 Å². The minimum absolute atomic E-state index is 0.0997. The van der Waals surface area contributed by atoms with Crippen molar-refractivity contribution >= 4 is 39.5 Å². The maximum Gasteiger partial charge on any atom is 0.163 e. The van der Waals surface area contributed by atoms with Gasteiger partial charge in [-0.1, -0.05) is 25.9 Å². The number of thiazole rings is 1. The Morgan fingerprint density at radius 3 is 2.84 bits per heavy atom. The molecule has 2 aliphatic heterocycles. The van der Waals surface area contributed by atoms with Crippen molar-refractivity contribution in [2.24, 2.45) is 21.8 Å². The average Bonchev–Trinajstić information content (AvgIpc) is 3.64. The van der Waals surface area contributed by atoms with Crippen LogP contribution >= 0.6 is 23.1 Å². The Bertz CT molecular complexity index is 1360. The lowest BCUT2D eigenvalue weighted by Crippen LogP contribution is -2.32. The van der Waals surface area contributed by atoms with E-state index in [9.17, 15) is 4.91 Å². The summed E-state index contributed by atoms with van der Waals surface area (Å²) in [6.07, 6.45) is 1.66. The molecule has 0 saturated carbocycles. The number of rotatable bonds is 7. The zero-order chi connectivity index (χ0) is 26.3. The summed E-state index contributed by atoms with van der Waals surface area (Å²) >= 11 is 3.31. The monoisotopic (exact) mass is 540 g/mol. The quantitative estimate of drug-likeness (QED) is 0.333. The molecule has 3 aromatic rings. The summed E-state index contributed by atoms with van der Waals surface area (Å²) in [5.74, 6) is 2.20. The topological polar surface area (TPSA) is 133 Å². The lowest BCUT2D eigenvalue weighted by molar-refractivity contribution is 0.00787. The Balaban J connectivity index is 1.48. The fourth-order valence-electron chi connectivity index (χ4n) is 4.79. The number of aromatic nitrogens is 4. The van der Waals surface area contributed by atoms with Gasteiger partial charge in [0.2, 0.25) is 0 Å². The molecule has 196 valence electrons. The summed E-state index contributed by atoms with van der Waals surface area (Å²) in [7, 11) is 0. The molecule has 2 aliphatic rings. The number of nitroso groups, excluding NO2 is 1. The number of benzene rings is 1. The Hall–Kier alpha value is -2.83. The second-order valence-electron chi connectivity index (χ2n) is 9.79. The Labute approximate surface area is 224 Å². The molecule has 37 heavy (non-hydrogen) atoms. The molecule has 5 unspecified atom stereocenters. The molecule has 2 saturated heterocycles. The highest BCUT2D eigenvalue weighted by Gasteiger charge is 2.49. The smallest absolute Gasteiger partial charge is 0.163 e. The van der Waals surface area contributed by atoms with Crippen LogP contribution in [0.1, 0.15) is 50.0 Å². The van der Waals surface area contributed by atoms with E-state index in [1.807, 2.05) is 32.0 Å². The highest BCUT2D eigenvalue weighted by atomic mass is 32.2. The van der Waals surface area contributed by atoms with Gasteiger partial charge in [0, 0.05) is 18.0 Å². The highest BCUT2D eigenvalue weighted by Crippen LogP contribution is 2.40. The molecule has 0 bridgehead atoms. The minimum atomic E-state index is -0.772. The van der Waals surface area contributed by atoms with Crippen molar-refractivity contribution in [1.29, 1.82) is 0 Å². The van der Waals surface area contributed by atoms with Gasteiger partial charge in [0.25, 0.3) is 0 Å². The number of fused-ring (bicyclic) bond motifs is 1. The number of nitrogens with two attached hydrogens (primary N) is 1. The number of aliphatic imine (C=N–C) groups is 1. The first-order valence-electron chi connectivity index (χ1n) is 12.5. The highest BCUT2D eigenvalue weighted by molar-refractivity contribution is 8.03. The fourth-order valence-corrected chi connectivity index (χ4v) is 6.81. The Morgan fingerprint density at radius 1 is 1.32 bits per heavy atom. The van der Waals surface area contributed by atoms with Gasteiger partial charge in [0.15, 0.2) is 11.9 Å². The summed E-state index contributed by atoms with van der Waals surface area (Å²) in [6, 6.07) is 5.10. The van der Waals surface area contributed by atoms with E-state index in [0.717, 1.165) is 38.1 Å². The van der Waals surface area contributed by atoms with Crippen LogP contribution in [-0.4, -0.2) is 55.9 Å². The lowest BCUT2D eigenvalue weighted by atomic mass is 9.95. The van der Waals surface area contributed by atoms with Crippen molar-refractivity contribution in [3.63, 3.8) is 0 Å². The number of nitrogens with one attached hydrogen (secondary N) is 1. The van der Waals surface area contributed by atoms with Crippen LogP contribution in [0.3, 0.4) is 0 Å². The minimum Gasteiger partial charge on any atom is -0.395 e. The molecule has 0 spiro atoms. The maximum atomic E-state index is 12.3. The van der Waals surface area contributed by atoms with Gasteiger partial charge in [-0.3, -0.25) is 4.99 Å². The van der Waals surface area contributed by atoms with Crippen molar-refractivity contribution < 1.29 is 4.74 Å². The molecule has 10 nitrogen and oxygen atoms in total. The number of thioether (sulfide) groups is 1. The molecule has 1 aromatic carbocycles. The van der Waals surface area contributed by atoms with E-state index in [1.165, 1.54) is 0 Å². The van der Waals surface area contributed by atoms with E-state index in [2.05, 4.69) is 46.3 Å². The summed E-state index contributed by atoms with van der Waals surface area (Å²) < 4.78 is 9.27. The summed E-state index contributed by atoms with van der Waals surface area (Å²) in [5, 5.41) is 13.5. The number of ether oxygens (including phenoxy) is 1. The third-order valence-corrected chi connectivity index (χ3v) is 8.84. The van der Waals surface area contributed by atoms with Crippen molar-refractivity contribution in [3.8, 4) is 5.69 Å². The van der Waals surface area contributed by atoms with Gasteiger partial charge >= 0.3 is 0 Å². The van der Waals surface area contributed by atoms with Crippen molar-refractivity contribution in [2.75, 3.05) is 5.75 Å². The summed E-state index contributed by atoms with van der Waals surface area (Å²) in [4.78, 5) is 26.2. The van der Waals surface area contributed by atoms with Crippen LogP contribution in [0.2, 0.25) is 0 Å². The van der Waals surface area contributed by atoms with E-state index in [0.29, 0.717) is 23.4 Å². The van der Waals surface area contributed by atoms with Gasteiger partial charge < -0.3 is 15.8 Å². The molecule has 2 aromatic heterocycles. The molecule has 2 fully saturated rings. The fraction of sp³-hybridized carbons (Fsp3) is 0.520. The van der Waals surface area contributed by atoms with E-state index >= 15 is 0 Å². The second-order valence-corrected chi connectivity index (χ2v) is 12.1. The summed E-state index contributed by atoms with van der Waals surface area (Å²) in [6.45, 7) is 10.1. The number of allylic oxidation sites excluding steroid dienone is 1. The molecular weight excluding hydrogens is 508 g/mol. The molecule has 0 amide bonds. The SMILES string of the molecule is CCC1CS/C(=C(\N)C=NC2C(N=O)C(c3nc(C)nn3-c3ccc4nc(C)sc4c3)OC2C(C)C)N1. The zero-order valence-electron chi connectivity index (χ0n) is 21.6. The van der Waals surface area contributed by atoms with Crippen molar-refractivity contribution in [2.45, 2.75) is 71.4 Å². The molecule has 12 heteroatoms. The average molecular weight is 541 g/mol. The second kappa shape index (κ2) is 10.5. The van der Waals surface area contributed by atoms with Gasteiger partial charge in [-0.2, -0.15) is 10.0 Å². The van der Waals surface area contributed by atoms with Crippen LogP contribution in [0.25, 0.3) is 15.9 Å². The van der Waals surface area contributed by atoms with Crippen LogP contribution in [0.5, 0.6) is 0 Å². The third kappa shape index (κ3) is 5.01. The number of hydrogen-bond acceptors (Lipinski definition) is 11. The first-order chi connectivity index (χ1) is 17.8. The zero-order valence-corrected chi connectivity index (χ0v) is 23.2. The molecule has 5 rings (SSSR count). The van der Waals surface area contributed by atoms with Gasteiger partial charge in [0.1, 0.15) is 18.0 Å². The predicted molar refractivity (Wildman–Crippen MR) is 149 cm³/mol.